The van der Waals surface area contributed by atoms with Crippen LogP contribution in [0, 0.1) is 0 Å². The van der Waals surface area contributed by atoms with Gasteiger partial charge in [0.2, 0.25) is 0 Å². The van der Waals surface area contributed by atoms with E-state index in [2.05, 4.69) is 10.4 Å². The van der Waals surface area contributed by atoms with Crippen molar-refractivity contribution in [2.75, 3.05) is 13.8 Å². The molecule has 1 heterocycles. The van der Waals surface area contributed by atoms with E-state index < -0.39 is 6.67 Å². The van der Waals surface area contributed by atoms with Gasteiger partial charge in [0, 0.05) is 19.3 Å². The monoisotopic (exact) mass is 279 g/mol. The van der Waals surface area contributed by atoms with Gasteiger partial charge in [0.1, 0.15) is 6.67 Å². The summed E-state index contributed by atoms with van der Waals surface area (Å²) in [5.74, 6) is 0.581. The van der Waals surface area contributed by atoms with E-state index in [1.165, 1.54) is 7.11 Å². The van der Waals surface area contributed by atoms with E-state index in [0.29, 0.717) is 18.8 Å². The molecule has 20 heavy (non-hydrogen) atoms. The first-order valence-electron chi connectivity index (χ1n) is 6.38. The summed E-state index contributed by atoms with van der Waals surface area (Å²) in [5, 5.41) is 17.0. The first-order chi connectivity index (χ1) is 9.72. The summed E-state index contributed by atoms with van der Waals surface area (Å²) in [6, 6.07) is 7.07. The molecule has 0 fully saturated rings. The molecule has 108 valence electrons. The fourth-order valence-electron chi connectivity index (χ4n) is 1.88. The number of methoxy groups -OCH3 is 1. The minimum absolute atomic E-state index is 0.126. The number of nitrogens with zero attached hydrogens (tertiary/aromatic N) is 2. The summed E-state index contributed by atoms with van der Waals surface area (Å²) < 4.78 is 18.8. The quantitative estimate of drug-likeness (QED) is 0.812. The van der Waals surface area contributed by atoms with Crippen LogP contribution < -0.4 is 10.1 Å². The highest BCUT2D eigenvalue weighted by molar-refractivity contribution is 5.41. The molecule has 1 aromatic heterocycles. The molecule has 1 aromatic carbocycles. The molecular formula is C14H18FN3O2. The van der Waals surface area contributed by atoms with Crippen LogP contribution >= 0.6 is 0 Å². The van der Waals surface area contributed by atoms with Gasteiger partial charge in [-0.15, -0.1) is 0 Å². The standard InChI is InChI=1S/C14H18FN3O2/c1-20-14-8-11(2-3-13(14)19)9-16-10-12-4-6-18(17-12)7-5-15/h2-4,6,8,16,19H,5,7,9-10H2,1H3. The number of hydrogen-bond acceptors (Lipinski definition) is 4. The Labute approximate surface area is 117 Å². The molecule has 0 amide bonds. The van der Waals surface area contributed by atoms with Crippen molar-refractivity contribution in [1.82, 2.24) is 15.1 Å². The van der Waals surface area contributed by atoms with Crippen LogP contribution in [0.15, 0.2) is 30.5 Å². The lowest BCUT2D eigenvalue weighted by Crippen LogP contribution is -2.13. The van der Waals surface area contributed by atoms with Crippen molar-refractivity contribution < 1.29 is 14.2 Å². The molecule has 0 saturated carbocycles. The van der Waals surface area contributed by atoms with E-state index in [9.17, 15) is 9.50 Å². The van der Waals surface area contributed by atoms with Gasteiger partial charge >= 0.3 is 0 Å². The van der Waals surface area contributed by atoms with Crippen LogP contribution in [0.5, 0.6) is 11.5 Å². The van der Waals surface area contributed by atoms with Crippen molar-refractivity contribution in [2.24, 2.45) is 0 Å². The van der Waals surface area contributed by atoms with Gasteiger partial charge in [-0.25, -0.2) is 4.39 Å². The van der Waals surface area contributed by atoms with Crippen molar-refractivity contribution in [3.63, 3.8) is 0 Å². The molecule has 0 spiro atoms. The number of halogens is 1. The Morgan fingerprint density at radius 3 is 2.95 bits per heavy atom. The van der Waals surface area contributed by atoms with Gasteiger partial charge in [-0.1, -0.05) is 6.07 Å². The molecule has 0 atom stereocenters. The Morgan fingerprint density at radius 2 is 2.20 bits per heavy atom. The summed E-state index contributed by atoms with van der Waals surface area (Å²) in [4.78, 5) is 0. The van der Waals surface area contributed by atoms with Gasteiger partial charge in [0.15, 0.2) is 11.5 Å². The highest BCUT2D eigenvalue weighted by Gasteiger charge is 2.03. The molecule has 0 unspecified atom stereocenters. The van der Waals surface area contributed by atoms with Gasteiger partial charge in [-0.05, 0) is 23.8 Å². The molecule has 2 rings (SSSR count). The van der Waals surface area contributed by atoms with Crippen LogP contribution in [0.3, 0.4) is 0 Å². The second-order valence-electron chi connectivity index (χ2n) is 4.37. The number of ether oxygens (including phenoxy) is 1. The molecule has 0 bridgehead atoms. The predicted molar refractivity (Wildman–Crippen MR) is 73.4 cm³/mol. The number of hydrogen-bond donors (Lipinski definition) is 2. The molecule has 0 aliphatic heterocycles. The molecule has 0 aliphatic rings. The van der Waals surface area contributed by atoms with Crippen molar-refractivity contribution >= 4 is 0 Å². The van der Waals surface area contributed by atoms with Crippen LogP contribution in [0.25, 0.3) is 0 Å². The smallest absolute Gasteiger partial charge is 0.160 e. The molecule has 5 nitrogen and oxygen atoms in total. The van der Waals surface area contributed by atoms with Gasteiger partial charge in [-0.3, -0.25) is 4.68 Å². The van der Waals surface area contributed by atoms with Gasteiger partial charge in [0.25, 0.3) is 0 Å². The van der Waals surface area contributed by atoms with E-state index in [4.69, 9.17) is 4.74 Å². The summed E-state index contributed by atoms with van der Waals surface area (Å²) in [6.07, 6.45) is 1.76. The topological polar surface area (TPSA) is 59.3 Å². The van der Waals surface area contributed by atoms with Gasteiger partial charge < -0.3 is 15.2 Å². The van der Waals surface area contributed by atoms with Crippen LogP contribution in [-0.2, 0) is 19.6 Å². The maximum absolute atomic E-state index is 12.2. The fraction of sp³-hybridized carbons (Fsp3) is 0.357. The van der Waals surface area contributed by atoms with Gasteiger partial charge in [0.05, 0.1) is 19.3 Å². The third kappa shape index (κ3) is 3.71. The largest absolute Gasteiger partial charge is 0.504 e. The Balaban J connectivity index is 1.85. The normalized spacial score (nSPS) is 10.7. The molecule has 2 N–H and O–H groups in total. The lowest BCUT2D eigenvalue weighted by atomic mass is 10.2. The summed E-state index contributed by atoms with van der Waals surface area (Å²) in [6.45, 7) is 1.10. The highest BCUT2D eigenvalue weighted by atomic mass is 19.1. The number of nitrogens with one attached hydrogen (secondary N) is 1. The Bertz CT molecular complexity index is 557. The molecule has 0 aliphatic carbocycles. The minimum atomic E-state index is -0.415. The SMILES string of the molecule is COc1cc(CNCc2ccn(CCF)n2)ccc1O. The van der Waals surface area contributed by atoms with E-state index in [-0.39, 0.29) is 12.3 Å². The highest BCUT2D eigenvalue weighted by Crippen LogP contribution is 2.26. The van der Waals surface area contributed by atoms with Crippen molar-refractivity contribution in [3.05, 3.63) is 41.7 Å². The first-order valence-corrected chi connectivity index (χ1v) is 6.38. The lowest BCUT2D eigenvalue weighted by molar-refractivity contribution is 0.372. The van der Waals surface area contributed by atoms with Crippen molar-refractivity contribution in [1.29, 1.82) is 0 Å². The van der Waals surface area contributed by atoms with Crippen molar-refractivity contribution in [3.8, 4) is 11.5 Å². The average Bonchev–Trinajstić information content (AvgIpc) is 2.89. The van der Waals surface area contributed by atoms with Crippen LogP contribution in [0.2, 0.25) is 0 Å². The summed E-state index contributed by atoms with van der Waals surface area (Å²) >= 11 is 0. The second kappa shape index (κ2) is 6.91. The van der Waals surface area contributed by atoms with Crippen molar-refractivity contribution in [2.45, 2.75) is 19.6 Å². The zero-order chi connectivity index (χ0) is 14.4. The predicted octanol–water partition coefficient (Wildman–Crippen LogP) is 1.86. The number of aryl methyl sites for hydroxylation is 1. The number of benzene rings is 1. The summed E-state index contributed by atoms with van der Waals surface area (Å²) in [5.41, 5.74) is 1.87. The second-order valence-corrected chi connectivity index (χ2v) is 4.37. The Hall–Kier alpha value is -2.08. The Morgan fingerprint density at radius 1 is 1.35 bits per heavy atom. The molecule has 6 heteroatoms. The fourth-order valence-corrected chi connectivity index (χ4v) is 1.88. The number of aromatic hydroxyl groups is 1. The number of alkyl halides is 1. The van der Waals surface area contributed by atoms with E-state index in [1.54, 1.807) is 23.0 Å². The first kappa shape index (κ1) is 14.3. The van der Waals surface area contributed by atoms with Crippen LogP contribution in [-0.4, -0.2) is 28.7 Å². The zero-order valence-corrected chi connectivity index (χ0v) is 11.3. The summed E-state index contributed by atoms with van der Waals surface area (Å²) in [7, 11) is 1.52. The molecule has 2 aromatic rings. The third-order valence-corrected chi connectivity index (χ3v) is 2.89. The van der Waals surface area contributed by atoms with E-state index >= 15 is 0 Å². The Kier molecular flexibility index (Phi) is 4.95. The maximum Gasteiger partial charge on any atom is 0.160 e. The number of aromatic nitrogens is 2. The molecule has 0 radical (unpaired) electrons. The minimum Gasteiger partial charge on any atom is -0.504 e. The average molecular weight is 279 g/mol. The maximum atomic E-state index is 12.2. The van der Waals surface area contributed by atoms with Crippen LogP contribution in [0.1, 0.15) is 11.3 Å². The van der Waals surface area contributed by atoms with Crippen LogP contribution in [0.4, 0.5) is 4.39 Å². The number of phenols is 1. The lowest BCUT2D eigenvalue weighted by Gasteiger charge is -2.07. The number of phenolic OH excluding ortho intramolecular Hbond substituents is 1. The van der Waals surface area contributed by atoms with E-state index in [0.717, 1.165) is 11.3 Å². The number of rotatable bonds is 7. The molecular weight excluding hydrogens is 261 g/mol. The zero-order valence-electron chi connectivity index (χ0n) is 11.3. The third-order valence-electron chi connectivity index (χ3n) is 2.89. The van der Waals surface area contributed by atoms with E-state index in [1.807, 2.05) is 12.1 Å². The van der Waals surface area contributed by atoms with Gasteiger partial charge in [-0.2, -0.15) is 5.10 Å². The molecule has 0 saturated heterocycles.